The van der Waals surface area contributed by atoms with E-state index in [-0.39, 0.29) is 12.2 Å². The molecule has 1 fully saturated rings. The number of likely N-dealkylation sites (tertiary alicyclic amines) is 1. The molecule has 1 aromatic carbocycles. The van der Waals surface area contributed by atoms with E-state index in [9.17, 15) is 9.59 Å². The van der Waals surface area contributed by atoms with Crippen molar-refractivity contribution in [2.24, 2.45) is 0 Å². The molecule has 0 unspecified atom stereocenters. The van der Waals surface area contributed by atoms with Crippen molar-refractivity contribution in [3.05, 3.63) is 35.4 Å². The van der Waals surface area contributed by atoms with Crippen LogP contribution in [0.5, 0.6) is 0 Å². The van der Waals surface area contributed by atoms with Crippen LogP contribution < -0.4 is 0 Å². The highest BCUT2D eigenvalue weighted by molar-refractivity contribution is 6.05. The summed E-state index contributed by atoms with van der Waals surface area (Å²) in [5.74, 6) is -0.689. The maximum absolute atomic E-state index is 11.8. The zero-order valence-corrected chi connectivity index (χ0v) is 11.2. The molecule has 0 aliphatic carbocycles. The van der Waals surface area contributed by atoms with Crippen LogP contribution in [0, 0.1) is 0 Å². The molecule has 0 radical (unpaired) electrons. The predicted octanol–water partition coefficient (Wildman–Crippen LogP) is 2.03. The second kappa shape index (κ2) is 6.48. The van der Waals surface area contributed by atoms with Gasteiger partial charge in [-0.15, -0.1) is 0 Å². The highest BCUT2D eigenvalue weighted by Crippen LogP contribution is 2.14. The summed E-state index contributed by atoms with van der Waals surface area (Å²) in [5.41, 5.74) is 1.77. The van der Waals surface area contributed by atoms with Crippen LogP contribution in [-0.2, 0) is 16.1 Å². The molecule has 19 heavy (non-hydrogen) atoms. The SMILES string of the molecule is COC(=O)CC(=O)c1ccc(CN2CCCC2)cc1. The largest absolute Gasteiger partial charge is 0.469 e. The van der Waals surface area contributed by atoms with Crippen LogP contribution in [-0.4, -0.2) is 36.9 Å². The Balaban J connectivity index is 1.93. The van der Waals surface area contributed by atoms with Gasteiger partial charge < -0.3 is 4.74 Å². The Bertz CT molecular complexity index is 447. The number of esters is 1. The van der Waals surface area contributed by atoms with Crippen molar-refractivity contribution in [2.75, 3.05) is 20.2 Å². The third kappa shape index (κ3) is 3.89. The van der Waals surface area contributed by atoms with Gasteiger partial charge in [-0.25, -0.2) is 0 Å². The number of hydrogen-bond acceptors (Lipinski definition) is 4. The van der Waals surface area contributed by atoms with E-state index in [1.807, 2.05) is 12.1 Å². The number of ether oxygens (including phenoxy) is 1. The average molecular weight is 261 g/mol. The Labute approximate surface area is 113 Å². The molecule has 0 aromatic heterocycles. The number of hydrogen-bond donors (Lipinski definition) is 0. The van der Waals surface area contributed by atoms with Gasteiger partial charge in [0.1, 0.15) is 6.42 Å². The van der Waals surface area contributed by atoms with E-state index >= 15 is 0 Å². The Morgan fingerprint density at radius 1 is 1.16 bits per heavy atom. The first-order chi connectivity index (χ1) is 9.19. The fraction of sp³-hybridized carbons (Fsp3) is 0.467. The maximum atomic E-state index is 11.8. The third-order valence-electron chi connectivity index (χ3n) is 3.41. The molecule has 4 nitrogen and oxygen atoms in total. The molecule has 2 rings (SSSR count). The van der Waals surface area contributed by atoms with Crippen LogP contribution in [0.15, 0.2) is 24.3 Å². The summed E-state index contributed by atoms with van der Waals surface area (Å²) in [6, 6.07) is 7.50. The van der Waals surface area contributed by atoms with E-state index in [0.717, 1.165) is 19.6 Å². The van der Waals surface area contributed by atoms with Gasteiger partial charge in [-0.1, -0.05) is 24.3 Å². The van der Waals surface area contributed by atoms with Gasteiger partial charge in [0.05, 0.1) is 7.11 Å². The van der Waals surface area contributed by atoms with Gasteiger partial charge >= 0.3 is 5.97 Å². The minimum atomic E-state index is -0.494. The molecule has 0 saturated carbocycles. The van der Waals surface area contributed by atoms with Crippen LogP contribution in [0.1, 0.15) is 35.2 Å². The first-order valence-electron chi connectivity index (χ1n) is 6.60. The van der Waals surface area contributed by atoms with Gasteiger partial charge in [-0.05, 0) is 31.5 Å². The summed E-state index contributed by atoms with van der Waals surface area (Å²) >= 11 is 0. The standard InChI is InChI=1S/C15H19NO3/c1-19-15(18)10-14(17)13-6-4-12(5-7-13)11-16-8-2-3-9-16/h4-7H,2-3,8-11H2,1H3. The lowest BCUT2D eigenvalue weighted by atomic mass is 10.1. The maximum Gasteiger partial charge on any atom is 0.313 e. The van der Waals surface area contributed by atoms with E-state index in [1.165, 1.54) is 25.5 Å². The molecule has 1 aliphatic rings. The fourth-order valence-corrected chi connectivity index (χ4v) is 2.30. The molecule has 0 N–H and O–H groups in total. The molecule has 1 heterocycles. The van der Waals surface area contributed by atoms with Crippen LogP contribution >= 0.6 is 0 Å². The van der Waals surface area contributed by atoms with Gasteiger partial charge in [0.25, 0.3) is 0 Å². The van der Waals surface area contributed by atoms with Crippen molar-refractivity contribution >= 4 is 11.8 Å². The van der Waals surface area contributed by atoms with Gasteiger partial charge in [0, 0.05) is 12.1 Å². The van der Waals surface area contributed by atoms with Crippen LogP contribution in [0.2, 0.25) is 0 Å². The number of carbonyl (C=O) groups is 2. The summed E-state index contributed by atoms with van der Waals surface area (Å²) in [7, 11) is 1.29. The first kappa shape index (κ1) is 13.7. The second-order valence-corrected chi connectivity index (χ2v) is 4.86. The minimum absolute atomic E-state index is 0.192. The average Bonchev–Trinajstić information content (AvgIpc) is 2.92. The molecular formula is C15H19NO3. The van der Waals surface area contributed by atoms with Gasteiger partial charge in [0.15, 0.2) is 5.78 Å². The van der Waals surface area contributed by atoms with Gasteiger partial charge in [-0.2, -0.15) is 0 Å². The number of nitrogens with zero attached hydrogens (tertiary/aromatic N) is 1. The quantitative estimate of drug-likeness (QED) is 0.462. The van der Waals surface area contributed by atoms with Gasteiger partial charge in [0.2, 0.25) is 0 Å². The molecule has 1 saturated heterocycles. The molecule has 0 amide bonds. The molecule has 0 spiro atoms. The molecule has 0 atom stereocenters. The molecule has 0 bridgehead atoms. The van der Waals surface area contributed by atoms with E-state index in [4.69, 9.17) is 0 Å². The highest BCUT2D eigenvalue weighted by atomic mass is 16.5. The highest BCUT2D eigenvalue weighted by Gasteiger charge is 2.14. The van der Waals surface area contributed by atoms with E-state index in [1.54, 1.807) is 12.1 Å². The minimum Gasteiger partial charge on any atom is -0.469 e. The lowest BCUT2D eigenvalue weighted by molar-refractivity contribution is -0.139. The zero-order valence-electron chi connectivity index (χ0n) is 11.2. The number of rotatable bonds is 5. The predicted molar refractivity (Wildman–Crippen MR) is 71.9 cm³/mol. The number of benzene rings is 1. The number of carbonyl (C=O) groups excluding carboxylic acids is 2. The van der Waals surface area contributed by atoms with E-state index < -0.39 is 5.97 Å². The van der Waals surface area contributed by atoms with E-state index in [2.05, 4.69) is 9.64 Å². The normalized spacial score (nSPS) is 15.4. The third-order valence-corrected chi connectivity index (χ3v) is 3.41. The van der Waals surface area contributed by atoms with Crippen molar-refractivity contribution in [2.45, 2.75) is 25.8 Å². The fourth-order valence-electron chi connectivity index (χ4n) is 2.30. The summed E-state index contributed by atoms with van der Waals surface area (Å²) < 4.78 is 4.49. The number of methoxy groups -OCH3 is 1. The topological polar surface area (TPSA) is 46.6 Å². The molecule has 1 aliphatic heterocycles. The molecule has 102 valence electrons. The van der Waals surface area contributed by atoms with Gasteiger partial charge in [-0.3, -0.25) is 14.5 Å². The Kier molecular flexibility index (Phi) is 4.68. The van der Waals surface area contributed by atoms with Crippen molar-refractivity contribution in [1.82, 2.24) is 4.90 Å². The summed E-state index contributed by atoms with van der Waals surface area (Å²) in [4.78, 5) is 25.2. The lowest BCUT2D eigenvalue weighted by Crippen LogP contribution is -2.18. The molecule has 1 aromatic rings. The summed E-state index contributed by atoms with van der Waals surface area (Å²) in [6.07, 6.45) is 2.35. The first-order valence-corrected chi connectivity index (χ1v) is 6.60. The Hall–Kier alpha value is -1.68. The number of ketones is 1. The monoisotopic (exact) mass is 261 g/mol. The van der Waals surface area contributed by atoms with Crippen molar-refractivity contribution < 1.29 is 14.3 Å². The summed E-state index contributed by atoms with van der Waals surface area (Å²) in [6.45, 7) is 3.25. The van der Waals surface area contributed by atoms with Crippen LogP contribution in [0.3, 0.4) is 0 Å². The zero-order chi connectivity index (χ0) is 13.7. The van der Waals surface area contributed by atoms with Crippen molar-refractivity contribution in [3.63, 3.8) is 0 Å². The van der Waals surface area contributed by atoms with Crippen molar-refractivity contribution in [3.8, 4) is 0 Å². The van der Waals surface area contributed by atoms with E-state index in [0.29, 0.717) is 5.56 Å². The lowest BCUT2D eigenvalue weighted by Gasteiger charge is -2.14. The Morgan fingerprint density at radius 2 is 1.79 bits per heavy atom. The second-order valence-electron chi connectivity index (χ2n) is 4.86. The summed E-state index contributed by atoms with van der Waals surface area (Å²) in [5, 5.41) is 0. The van der Waals surface area contributed by atoms with Crippen molar-refractivity contribution in [1.29, 1.82) is 0 Å². The molecular weight excluding hydrogens is 242 g/mol. The smallest absolute Gasteiger partial charge is 0.313 e. The van der Waals surface area contributed by atoms with Crippen LogP contribution in [0.4, 0.5) is 0 Å². The van der Waals surface area contributed by atoms with Crippen LogP contribution in [0.25, 0.3) is 0 Å². The molecule has 4 heteroatoms. The number of Topliss-reactive ketones (excluding diaryl/α,β-unsaturated/α-hetero) is 1. The Morgan fingerprint density at radius 3 is 2.37 bits per heavy atom.